The summed E-state index contributed by atoms with van der Waals surface area (Å²) in [7, 11) is 0. The number of nitrogens with zero attached hydrogens (tertiary/aromatic N) is 3. The number of halogens is 2. The monoisotopic (exact) mass is 437 g/mol. The van der Waals surface area contributed by atoms with Gasteiger partial charge >= 0.3 is 0 Å². The zero-order valence-electron chi connectivity index (χ0n) is 17.3. The van der Waals surface area contributed by atoms with Gasteiger partial charge in [0.2, 0.25) is 5.43 Å². The number of carbonyl (C=O) groups excluding carboxylic acids is 1. The maximum atomic E-state index is 13.9. The van der Waals surface area contributed by atoms with Crippen molar-refractivity contribution in [3.8, 4) is 5.75 Å². The molecule has 0 aliphatic carbocycles. The number of fused-ring (bicyclic) bond motifs is 2. The van der Waals surface area contributed by atoms with E-state index in [4.69, 9.17) is 0 Å². The topological polar surface area (TPSA) is 75.4 Å². The van der Waals surface area contributed by atoms with E-state index in [2.05, 4.69) is 5.10 Å². The fourth-order valence-electron chi connectivity index (χ4n) is 5.17. The van der Waals surface area contributed by atoms with Crippen LogP contribution in [0.4, 0.5) is 8.78 Å². The molecule has 6 nitrogen and oxygen atoms in total. The molecule has 1 fully saturated rings. The Balaban J connectivity index is 1.79. The van der Waals surface area contributed by atoms with E-state index in [1.165, 1.54) is 28.9 Å². The third-order valence-electron chi connectivity index (χ3n) is 6.56. The number of rotatable bonds is 3. The molecule has 0 unspecified atom stereocenters. The van der Waals surface area contributed by atoms with Crippen molar-refractivity contribution in [3.63, 3.8) is 0 Å². The summed E-state index contributed by atoms with van der Waals surface area (Å²) >= 11 is 0. The molecule has 5 rings (SSSR count). The van der Waals surface area contributed by atoms with Gasteiger partial charge < -0.3 is 10.0 Å². The molecule has 0 radical (unpaired) electrons. The van der Waals surface area contributed by atoms with Gasteiger partial charge in [0.05, 0.1) is 18.3 Å². The summed E-state index contributed by atoms with van der Waals surface area (Å²) in [5.74, 6) is -2.24. The first-order valence-electron chi connectivity index (χ1n) is 10.5. The Labute approximate surface area is 182 Å². The lowest BCUT2D eigenvalue weighted by molar-refractivity contribution is 0.0565. The smallest absolute Gasteiger partial charge is 0.276 e. The van der Waals surface area contributed by atoms with Crippen LogP contribution in [-0.4, -0.2) is 38.3 Å². The summed E-state index contributed by atoms with van der Waals surface area (Å²) < 4.78 is 29.1. The SMILES string of the molecule is Cc1cc(F)ccc1[C@H](c1ccc(F)cc1)[C@H]1[C@H]2CCCN2C(=O)c2c(O)c(=O)cnn21. The van der Waals surface area contributed by atoms with Crippen LogP contribution in [0.5, 0.6) is 5.75 Å². The minimum atomic E-state index is -0.725. The second-order valence-corrected chi connectivity index (χ2v) is 8.38. The third-order valence-corrected chi connectivity index (χ3v) is 6.56. The second-order valence-electron chi connectivity index (χ2n) is 8.38. The molecule has 2 aliphatic rings. The average Bonchev–Trinajstić information content (AvgIpc) is 3.25. The molecule has 0 saturated carbocycles. The average molecular weight is 437 g/mol. The number of aromatic hydroxyl groups is 1. The number of aromatic nitrogens is 2. The molecule has 3 heterocycles. The van der Waals surface area contributed by atoms with E-state index in [0.717, 1.165) is 23.7 Å². The Morgan fingerprint density at radius 3 is 2.53 bits per heavy atom. The Bertz CT molecular complexity index is 1270. The molecule has 1 aromatic heterocycles. The predicted octanol–water partition coefficient (Wildman–Crippen LogP) is 3.53. The van der Waals surface area contributed by atoms with Gasteiger partial charge in [-0.3, -0.25) is 14.3 Å². The van der Waals surface area contributed by atoms with Crippen molar-refractivity contribution in [1.82, 2.24) is 14.7 Å². The summed E-state index contributed by atoms with van der Waals surface area (Å²) in [6.07, 6.45) is 2.48. The maximum absolute atomic E-state index is 13.9. The van der Waals surface area contributed by atoms with Gasteiger partial charge in [0.15, 0.2) is 11.4 Å². The van der Waals surface area contributed by atoms with Crippen molar-refractivity contribution in [2.24, 2.45) is 0 Å². The van der Waals surface area contributed by atoms with Crippen molar-refractivity contribution >= 4 is 5.91 Å². The highest BCUT2D eigenvalue weighted by Crippen LogP contribution is 2.46. The quantitative estimate of drug-likeness (QED) is 0.680. The number of hydrogen-bond acceptors (Lipinski definition) is 4. The zero-order chi connectivity index (χ0) is 22.6. The first kappa shape index (κ1) is 20.4. The van der Waals surface area contributed by atoms with Crippen molar-refractivity contribution < 1.29 is 18.7 Å². The highest BCUT2D eigenvalue weighted by atomic mass is 19.1. The van der Waals surface area contributed by atoms with Crippen LogP contribution in [0.1, 0.15) is 52.0 Å². The summed E-state index contributed by atoms with van der Waals surface area (Å²) in [6, 6.07) is 9.82. The van der Waals surface area contributed by atoms with Gasteiger partial charge in [0, 0.05) is 12.5 Å². The Kier molecular flexibility index (Phi) is 4.80. The fourth-order valence-corrected chi connectivity index (χ4v) is 5.17. The van der Waals surface area contributed by atoms with Gasteiger partial charge in [-0.2, -0.15) is 5.10 Å². The highest BCUT2D eigenvalue weighted by molar-refractivity contribution is 5.96. The van der Waals surface area contributed by atoms with Crippen LogP contribution >= 0.6 is 0 Å². The van der Waals surface area contributed by atoms with Gasteiger partial charge in [0.1, 0.15) is 11.6 Å². The molecule has 8 heteroatoms. The molecular weight excluding hydrogens is 416 g/mol. The van der Waals surface area contributed by atoms with E-state index < -0.39 is 29.0 Å². The molecule has 1 amide bonds. The number of hydrogen-bond donors (Lipinski definition) is 1. The van der Waals surface area contributed by atoms with Crippen LogP contribution in [0.25, 0.3) is 0 Å². The molecule has 3 atom stereocenters. The van der Waals surface area contributed by atoms with E-state index in [1.54, 1.807) is 30.0 Å². The zero-order valence-corrected chi connectivity index (χ0v) is 17.3. The van der Waals surface area contributed by atoms with Crippen LogP contribution < -0.4 is 5.43 Å². The van der Waals surface area contributed by atoms with Gasteiger partial charge in [-0.25, -0.2) is 8.78 Å². The van der Waals surface area contributed by atoms with E-state index in [9.17, 15) is 23.5 Å². The van der Waals surface area contributed by atoms with Crippen LogP contribution in [-0.2, 0) is 0 Å². The minimum absolute atomic E-state index is 0.146. The lowest BCUT2D eigenvalue weighted by atomic mass is 9.78. The molecule has 0 bridgehead atoms. The number of aryl methyl sites for hydroxylation is 1. The lowest BCUT2D eigenvalue weighted by Gasteiger charge is -2.43. The molecule has 0 spiro atoms. The summed E-state index contributed by atoms with van der Waals surface area (Å²) in [5.41, 5.74) is 1.39. The van der Waals surface area contributed by atoms with Crippen LogP contribution in [0.15, 0.2) is 53.5 Å². The van der Waals surface area contributed by atoms with E-state index in [-0.39, 0.29) is 23.4 Å². The van der Waals surface area contributed by atoms with Gasteiger partial charge in [0.25, 0.3) is 5.91 Å². The number of benzene rings is 2. The van der Waals surface area contributed by atoms with Crippen LogP contribution in [0, 0.1) is 18.6 Å². The van der Waals surface area contributed by atoms with E-state index in [1.807, 2.05) is 0 Å². The highest BCUT2D eigenvalue weighted by Gasteiger charge is 2.48. The summed E-state index contributed by atoms with van der Waals surface area (Å²) in [5, 5.41) is 14.7. The van der Waals surface area contributed by atoms with Gasteiger partial charge in [-0.05, 0) is 60.7 Å². The number of amides is 1. The lowest BCUT2D eigenvalue weighted by Crippen LogP contribution is -2.51. The molecule has 2 aromatic carbocycles. The number of carbonyl (C=O) groups is 1. The van der Waals surface area contributed by atoms with Crippen molar-refractivity contribution in [2.45, 2.75) is 37.8 Å². The predicted molar refractivity (Wildman–Crippen MR) is 113 cm³/mol. The summed E-state index contributed by atoms with van der Waals surface area (Å²) in [4.78, 5) is 26.9. The molecule has 1 saturated heterocycles. The largest absolute Gasteiger partial charge is 0.502 e. The van der Waals surface area contributed by atoms with E-state index >= 15 is 0 Å². The first-order chi connectivity index (χ1) is 15.4. The van der Waals surface area contributed by atoms with Crippen molar-refractivity contribution in [1.29, 1.82) is 0 Å². The minimum Gasteiger partial charge on any atom is -0.502 e. The third kappa shape index (κ3) is 3.09. The fraction of sp³-hybridized carbons (Fsp3) is 0.292. The van der Waals surface area contributed by atoms with Crippen molar-refractivity contribution in [3.05, 3.63) is 92.9 Å². The molecule has 164 valence electrons. The summed E-state index contributed by atoms with van der Waals surface area (Å²) in [6.45, 7) is 2.30. The molecule has 1 N–H and O–H groups in total. The normalized spacial score (nSPS) is 20.7. The Hall–Kier alpha value is -3.55. The van der Waals surface area contributed by atoms with Gasteiger partial charge in [-0.15, -0.1) is 0 Å². The standard InChI is InChI=1S/C24H21F2N3O3/c1-13-11-16(26)8-9-17(13)20(14-4-6-15(25)7-5-14)21-18-3-2-10-28(18)24(32)22-23(31)19(30)12-27-29(21)22/h4-9,11-12,18,20-21,31H,2-3,10H2,1H3/t18-,20+,21-/m1/s1. The molecular formula is C24H21F2N3O3. The Morgan fingerprint density at radius 1 is 1.09 bits per heavy atom. The maximum Gasteiger partial charge on any atom is 0.276 e. The van der Waals surface area contributed by atoms with Gasteiger partial charge in [-0.1, -0.05) is 18.2 Å². The Morgan fingerprint density at radius 2 is 1.81 bits per heavy atom. The first-order valence-corrected chi connectivity index (χ1v) is 10.5. The molecule has 2 aliphatic heterocycles. The van der Waals surface area contributed by atoms with E-state index in [0.29, 0.717) is 18.5 Å². The molecule has 32 heavy (non-hydrogen) atoms. The van der Waals surface area contributed by atoms with Crippen LogP contribution in [0.3, 0.4) is 0 Å². The van der Waals surface area contributed by atoms with Crippen LogP contribution in [0.2, 0.25) is 0 Å². The second kappa shape index (κ2) is 7.55. The molecule has 3 aromatic rings. The van der Waals surface area contributed by atoms with Crippen molar-refractivity contribution in [2.75, 3.05) is 6.54 Å².